The zero-order valence-electron chi connectivity index (χ0n) is 6.17. The van der Waals surface area contributed by atoms with Gasteiger partial charge in [0, 0.05) is 0 Å². The molecule has 0 bridgehead atoms. The zero-order valence-corrected chi connectivity index (χ0v) is 6.17. The SMILES string of the molecule is N=C=C(C=O)c1ccc(F)cc1. The molecule has 60 valence electrons. The van der Waals surface area contributed by atoms with E-state index in [-0.39, 0.29) is 11.4 Å². The fourth-order valence-corrected chi connectivity index (χ4v) is 0.799. The number of aldehydes is 1. The Labute approximate surface area is 68.8 Å². The second kappa shape index (κ2) is 3.60. The molecule has 0 amide bonds. The van der Waals surface area contributed by atoms with Gasteiger partial charge in [0.25, 0.3) is 0 Å². The highest BCUT2D eigenvalue weighted by atomic mass is 19.1. The van der Waals surface area contributed by atoms with Crippen LogP contribution in [0.1, 0.15) is 5.56 Å². The highest BCUT2D eigenvalue weighted by molar-refractivity contribution is 6.17. The molecule has 1 rings (SSSR count). The minimum Gasteiger partial charge on any atom is -0.297 e. The van der Waals surface area contributed by atoms with E-state index in [4.69, 9.17) is 5.41 Å². The van der Waals surface area contributed by atoms with Crippen LogP contribution >= 0.6 is 0 Å². The van der Waals surface area contributed by atoms with Crippen molar-refractivity contribution in [3.05, 3.63) is 35.6 Å². The quantitative estimate of drug-likeness (QED) is 0.402. The van der Waals surface area contributed by atoms with Crippen LogP contribution in [-0.4, -0.2) is 12.2 Å². The number of rotatable bonds is 2. The predicted octanol–water partition coefficient (Wildman–Crippen LogP) is 1.66. The third kappa shape index (κ3) is 1.65. The van der Waals surface area contributed by atoms with Crippen LogP contribution < -0.4 is 0 Å². The molecule has 0 aromatic heterocycles. The molecule has 12 heavy (non-hydrogen) atoms. The summed E-state index contributed by atoms with van der Waals surface area (Å²) < 4.78 is 12.4. The third-order valence-corrected chi connectivity index (χ3v) is 1.41. The molecule has 0 aliphatic carbocycles. The first-order chi connectivity index (χ1) is 5.77. The molecular weight excluding hydrogens is 157 g/mol. The lowest BCUT2D eigenvalue weighted by molar-refractivity contribution is -0.103. The van der Waals surface area contributed by atoms with Gasteiger partial charge in [-0.25, -0.2) is 4.39 Å². The molecule has 0 aliphatic heterocycles. The maximum absolute atomic E-state index is 12.4. The van der Waals surface area contributed by atoms with Gasteiger partial charge < -0.3 is 0 Å². The van der Waals surface area contributed by atoms with Crippen molar-refractivity contribution >= 4 is 17.7 Å². The maximum Gasteiger partial charge on any atom is 0.159 e. The number of carbonyl (C=O) groups is 1. The summed E-state index contributed by atoms with van der Waals surface area (Å²) in [5.41, 5.74) is 0.622. The minimum atomic E-state index is -0.367. The molecule has 0 atom stereocenters. The Morgan fingerprint density at radius 2 is 2.00 bits per heavy atom. The second-order valence-corrected chi connectivity index (χ2v) is 2.16. The molecular formula is C9H6FNO. The number of allylic oxidation sites excluding steroid dienone is 1. The van der Waals surface area contributed by atoms with Crippen LogP contribution in [0.3, 0.4) is 0 Å². The topological polar surface area (TPSA) is 40.9 Å². The number of hydrogen-bond acceptors (Lipinski definition) is 2. The number of hydrogen-bond donors (Lipinski definition) is 1. The molecule has 0 heterocycles. The van der Waals surface area contributed by atoms with Gasteiger partial charge in [-0.3, -0.25) is 10.2 Å². The fraction of sp³-hybridized carbons (Fsp3) is 0. The van der Waals surface area contributed by atoms with E-state index >= 15 is 0 Å². The smallest absolute Gasteiger partial charge is 0.159 e. The summed E-state index contributed by atoms with van der Waals surface area (Å²) in [6.45, 7) is 0. The molecule has 0 saturated heterocycles. The zero-order chi connectivity index (χ0) is 8.97. The van der Waals surface area contributed by atoms with E-state index in [2.05, 4.69) is 0 Å². The molecule has 0 fully saturated rings. The Hall–Kier alpha value is -1.73. The summed E-state index contributed by atoms with van der Waals surface area (Å²) in [6.07, 6.45) is 0.514. The lowest BCUT2D eigenvalue weighted by atomic mass is 10.1. The van der Waals surface area contributed by atoms with Crippen molar-refractivity contribution in [2.45, 2.75) is 0 Å². The molecule has 1 N–H and O–H groups in total. The first-order valence-corrected chi connectivity index (χ1v) is 3.28. The highest BCUT2D eigenvalue weighted by Crippen LogP contribution is 2.09. The molecule has 0 spiro atoms. The van der Waals surface area contributed by atoms with Gasteiger partial charge in [-0.15, -0.1) is 0 Å². The first-order valence-electron chi connectivity index (χ1n) is 3.28. The van der Waals surface area contributed by atoms with Crippen molar-refractivity contribution in [3.63, 3.8) is 0 Å². The average Bonchev–Trinajstić information content (AvgIpc) is 2.10. The minimum absolute atomic E-state index is 0.120. The Morgan fingerprint density at radius 3 is 2.42 bits per heavy atom. The summed E-state index contributed by atoms with van der Waals surface area (Å²) in [6, 6.07) is 5.33. The lowest BCUT2D eigenvalue weighted by Gasteiger charge is -1.94. The van der Waals surface area contributed by atoms with Gasteiger partial charge >= 0.3 is 0 Å². The summed E-state index contributed by atoms with van der Waals surface area (Å²) in [5, 5.41) is 6.74. The van der Waals surface area contributed by atoms with Gasteiger partial charge in [0.1, 0.15) is 5.82 Å². The van der Waals surface area contributed by atoms with E-state index in [1.807, 2.05) is 5.87 Å². The van der Waals surface area contributed by atoms with Crippen LogP contribution in [0.25, 0.3) is 5.57 Å². The van der Waals surface area contributed by atoms with Crippen LogP contribution in [0.4, 0.5) is 4.39 Å². The Morgan fingerprint density at radius 1 is 1.42 bits per heavy atom. The van der Waals surface area contributed by atoms with Gasteiger partial charge in [0.15, 0.2) is 6.29 Å². The van der Waals surface area contributed by atoms with E-state index in [0.717, 1.165) is 0 Å². The molecule has 1 aromatic rings. The van der Waals surface area contributed by atoms with E-state index < -0.39 is 0 Å². The maximum atomic E-state index is 12.4. The molecule has 1 aromatic carbocycles. The van der Waals surface area contributed by atoms with E-state index in [0.29, 0.717) is 11.8 Å². The summed E-state index contributed by atoms with van der Waals surface area (Å²) in [4.78, 5) is 10.3. The Bertz CT molecular complexity index is 336. The van der Waals surface area contributed by atoms with Gasteiger partial charge in [-0.05, 0) is 23.6 Å². The summed E-state index contributed by atoms with van der Waals surface area (Å²) >= 11 is 0. The molecule has 3 heteroatoms. The van der Waals surface area contributed by atoms with Crippen LogP contribution in [0.5, 0.6) is 0 Å². The van der Waals surface area contributed by atoms with Crippen molar-refractivity contribution < 1.29 is 9.18 Å². The molecule has 2 nitrogen and oxygen atoms in total. The van der Waals surface area contributed by atoms with Gasteiger partial charge in [-0.1, -0.05) is 12.1 Å². The number of benzene rings is 1. The molecule has 0 radical (unpaired) electrons. The molecule has 0 unspecified atom stereocenters. The summed E-state index contributed by atoms with van der Waals surface area (Å²) in [5.74, 6) is 1.60. The largest absolute Gasteiger partial charge is 0.297 e. The fourth-order valence-electron chi connectivity index (χ4n) is 0.799. The van der Waals surface area contributed by atoms with Crippen molar-refractivity contribution in [1.29, 1.82) is 5.41 Å². The molecule has 0 saturated carbocycles. The monoisotopic (exact) mass is 163 g/mol. The van der Waals surface area contributed by atoms with Gasteiger partial charge in [-0.2, -0.15) is 0 Å². The standard InChI is InChI=1S/C9H6FNO/c10-9-3-1-7(2-4-9)8(5-11)6-12/h1-4,6,11H. The van der Waals surface area contributed by atoms with E-state index in [1.165, 1.54) is 24.3 Å². The van der Waals surface area contributed by atoms with Crippen LogP contribution in [0.15, 0.2) is 24.3 Å². The lowest BCUT2D eigenvalue weighted by Crippen LogP contribution is -1.86. The van der Waals surface area contributed by atoms with E-state index in [1.54, 1.807) is 0 Å². The number of nitrogens with one attached hydrogen (secondary N) is 1. The first kappa shape index (κ1) is 8.37. The van der Waals surface area contributed by atoms with Crippen LogP contribution in [0, 0.1) is 11.2 Å². The van der Waals surface area contributed by atoms with Gasteiger partial charge in [0.05, 0.1) is 5.57 Å². The normalized spacial score (nSPS) is 8.75. The van der Waals surface area contributed by atoms with Crippen LogP contribution in [-0.2, 0) is 4.79 Å². The predicted molar refractivity (Wildman–Crippen MR) is 43.6 cm³/mol. The Kier molecular flexibility index (Phi) is 2.51. The average molecular weight is 163 g/mol. The Balaban J connectivity index is 3.12. The van der Waals surface area contributed by atoms with E-state index in [9.17, 15) is 9.18 Å². The molecule has 0 aliphatic rings. The van der Waals surface area contributed by atoms with Crippen molar-refractivity contribution in [1.82, 2.24) is 0 Å². The van der Waals surface area contributed by atoms with Gasteiger partial charge in [0.2, 0.25) is 0 Å². The number of carbonyl (C=O) groups excluding carboxylic acids is 1. The second-order valence-electron chi connectivity index (χ2n) is 2.16. The summed E-state index contributed by atoms with van der Waals surface area (Å²) in [7, 11) is 0. The van der Waals surface area contributed by atoms with Crippen molar-refractivity contribution in [2.75, 3.05) is 0 Å². The van der Waals surface area contributed by atoms with Crippen molar-refractivity contribution in [2.24, 2.45) is 0 Å². The van der Waals surface area contributed by atoms with Crippen molar-refractivity contribution in [3.8, 4) is 0 Å². The third-order valence-electron chi connectivity index (χ3n) is 1.41. The number of halogens is 1. The van der Waals surface area contributed by atoms with Crippen LogP contribution in [0.2, 0.25) is 0 Å². The highest BCUT2D eigenvalue weighted by Gasteiger charge is 1.98.